The Hall–Kier alpha value is -1.02. The van der Waals surface area contributed by atoms with Crippen LogP contribution in [0, 0.1) is 0 Å². The minimum absolute atomic E-state index is 0. The third kappa shape index (κ3) is 22.4. The van der Waals surface area contributed by atoms with Gasteiger partial charge in [-0.15, -0.1) is 13.2 Å². The van der Waals surface area contributed by atoms with E-state index in [0.29, 0.717) is 0 Å². The summed E-state index contributed by atoms with van der Waals surface area (Å²) in [4.78, 5) is 0. The molecule has 0 radical (unpaired) electrons. The molecule has 0 aliphatic heterocycles. The molecule has 0 aliphatic carbocycles. The summed E-state index contributed by atoms with van der Waals surface area (Å²) >= 11 is 0. The Labute approximate surface area is 88.3 Å². The Bertz CT molecular complexity index is 114. The Morgan fingerprint density at radius 3 is 1.57 bits per heavy atom. The van der Waals surface area contributed by atoms with Crippen molar-refractivity contribution >= 4 is 0 Å². The summed E-state index contributed by atoms with van der Waals surface area (Å²) in [6, 6.07) is 0. The first-order valence-electron chi connectivity index (χ1n) is 4.87. The fraction of sp³-hybridized carbons (Fsp3) is 0.500. The van der Waals surface area contributed by atoms with E-state index in [1.165, 1.54) is 12.8 Å². The molecule has 14 heavy (non-hydrogen) atoms. The number of hydrogen-bond acceptors (Lipinski definition) is 1. The molecule has 0 amide bonds. The van der Waals surface area contributed by atoms with Crippen molar-refractivity contribution in [2.45, 2.75) is 39.5 Å². The van der Waals surface area contributed by atoms with E-state index in [1.807, 2.05) is 12.2 Å². The number of allylic oxidation sites excluding steroid dienone is 2. The van der Waals surface area contributed by atoms with Gasteiger partial charge in [-0.3, -0.25) is 0 Å². The quantitative estimate of drug-likeness (QED) is 0.477. The van der Waals surface area contributed by atoms with Gasteiger partial charge in [0.1, 0.15) is 0 Å². The monoisotopic (exact) mass is 200 g/mol. The molecule has 0 fully saturated rings. The van der Waals surface area contributed by atoms with Crippen LogP contribution in [-0.2, 0) is 4.74 Å². The highest BCUT2D eigenvalue weighted by molar-refractivity contribution is 4.79. The summed E-state index contributed by atoms with van der Waals surface area (Å²) in [7, 11) is 0. The van der Waals surface area contributed by atoms with Crippen molar-refractivity contribution in [3.05, 3.63) is 37.8 Å². The smallest absolute Gasteiger partial charge is 0.0861 e. The zero-order valence-electron chi connectivity index (χ0n) is 9.46. The van der Waals surface area contributed by atoms with Gasteiger partial charge in [0.05, 0.1) is 12.5 Å². The summed E-state index contributed by atoms with van der Waals surface area (Å²) in [5.41, 5.74) is 0. The molecule has 2 nitrogen and oxygen atoms in total. The van der Waals surface area contributed by atoms with Gasteiger partial charge in [-0.2, -0.15) is 0 Å². The molecule has 0 aromatic heterocycles. The first-order valence-corrected chi connectivity index (χ1v) is 4.87. The molecule has 0 spiro atoms. The Morgan fingerprint density at radius 2 is 1.29 bits per heavy atom. The Morgan fingerprint density at radius 1 is 0.929 bits per heavy atom. The fourth-order valence-corrected chi connectivity index (χ4v) is 0.626. The Kier molecular flexibility index (Phi) is 30.3. The lowest BCUT2D eigenvalue weighted by atomic mass is 10.3. The van der Waals surface area contributed by atoms with E-state index in [4.69, 9.17) is 4.74 Å². The molecule has 0 unspecified atom stereocenters. The number of hydrogen-bond donors (Lipinski definition) is 0. The summed E-state index contributed by atoms with van der Waals surface area (Å²) < 4.78 is 5.08. The van der Waals surface area contributed by atoms with Crippen molar-refractivity contribution < 1.29 is 10.2 Å². The fourth-order valence-electron chi connectivity index (χ4n) is 0.626. The van der Waals surface area contributed by atoms with Crippen LogP contribution in [0.1, 0.15) is 39.5 Å². The Balaban J connectivity index is -0.000000376. The summed E-state index contributed by atoms with van der Waals surface area (Å²) in [5, 5.41) is 0. The molecule has 0 aromatic rings. The standard InChI is InChI=1S/C10H18O.C2H4.H2O/c1-3-5-7-9-11-10-8-6-4-2;1-2;/h7-10H,3-6H2,1-2H3;1-2H2;1H2. The maximum atomic E-state index is 5.08. The van der Waals surface area contributed by atoms with Gasteiger partial charge >= 0.3 is 0 Å². The third-order valence-corrected chi connectivity index (χ3v) is 1.26. The molecule has 0 rings (SSSR count). The normalized spacial score (nSPS) is 9.29. The van der Waals surface area contributed by atoms with Crippen molar-refractivity contribution in [2.24, 2.45) is 0 Å². The predicted octanol–water partition coefficient (Wildman–Crippen LogP) is 3.61. The summed E-state index contributed by atoms with van der Waals surface area (Å²) in [6.45, 7) is 10.3. The van der Waals surface area contributed by atoms with Crippen LogP contribution in [0.15, 0.2) is 37.8 Å². The van der Waals surface area contributed by atoms with E-state index in [1.54, 1.807) is 12.5 Å². The van der Waals surface area contributed by atoms with E-state index < -0.39 is 0 Å². The van der Waals surface area contributed by atoms with Crippen molar-refractivity contribution in [3.63, 3.8) is 0 Å². The van der Waals surface area contributed by atoms with Crippen molar-refractivity contribution in [1.82, 2.24) is 0 Å². The molecule has 0 saturated carbocycles. The highest BCUT2D eigenvalue weighted by atomic mass is 16.5. The second-order valence-electron chi connectivity index (χ2n) is 2.46. The highest BCUT2D eigenvalue weighted by Gasteiger charge is 1.73. The largest absolute Gasteiger partial charge is 0.473 e. The van der Waals surface area contributed by atoms with E-state index >= 15 is 0 Å². The van der Waals surface area contributed by atoms with Gasteiger partial charge in [0.2, 0.25) is 0 Å². The van der Waals surface area contributed by atoms with E-state index in [9.17, 15) is 0 Å². The SMILES string of the molecule is C=C.CCCC=COC=CCCC.O. The minimum atomic E-state index is 0. The van der Waals surface area contributed by atoms with Gasteiger partial charge in [-0.05, 0) is 25.0 Å². The zero-order chi connectivity index (χ0) is 10.4. The molecule has 0 saturated heterocycles. The van der Waals surface area contributed by atoms with Crippen molar-refractivity contribution in [1.29, 1.82) is 0 Å². The summed E-state index contributed by atoms with van der Waals surface area (Å²) in [6.07, 6.45) is 12.1. The average Bonchev–Trinajstić information content (AvgIpc) is 2.20. The van der Waals surface area contributed by atoms with Gasteiger partial charge in [0.25, 0.3) is 0 Å². The van der Waals surface area contributed by atoms with Crippen molar-refractivity contribution in [2.75, 3.05) is 0 Å². The van der Waals surface area contributed by atoms with Crippen LogP contribution >= 0.6 is 0 Å². The van der Waals surface area contributed by atoms with Gasteiger partial charge in [-0.1, -0.05) is 26.7 Å². The lowest BCUT2D eigenvalue weighted by molar-refractivity contribution is 0.398. The third-order valence-electron chi connectivity index (χ3n) is 1.26. The molecule has 0 aromatic carbocycles. The molecular formula is C12H24O2. The van der Waals surface area contributed by atoms with Crippen LogP contribution in [0.4, 0.5) is 0 Å². The molecule has 0 bridgehead atoms. The topological polar surface area (TPSA) is 40.7 Å². The first-order chi connectivity index (χ1) is 6.41. The molecular weight excluding hydrogens is 176 g/mol. The van der Waals surface area contributed by atoms with Gasteiger partial charge in [0.15, 0.2) is 0 Å². The van der Waals surface area contributed by atoms with Gasteiger partial charge < -0.3 is 10.2 Å². The predicted molar refractivity (Wildman–Crippen MR) is 64.0 cm³/mol. The average molecular weight is 200 g/mol. The second kappa shape index (κ2) is 22.7. The first kappa shape index (κ1) is 18.7. The maximum Gasteiger partial charge on any atom is 0.0861 e. The number of rotatable bonds is 6. The number of unbranched alkanes of at least 4 members (excludes halogenated alkanes) is 2. The van der Waals surface area contributed by atoms with Gasteiger partial charge in [-0.25, -0.2) is 0 Å². The van der Waals surface area contributed by atoms with E-state index in [0.717, 1.165) is 12.8 Å². The highest BCUT2D eigenvalue weighted by Crippen LogP contribution is 1.92. The lowest BCUT2D eigenvalue weighted by Crippen LogP contribution is -1.67. The van der Waals surface area contributed by atoms with Crippen LogP contribution < -0.4 is 0 Å². The molecule has 2 N–H and O–H groups in total. The van der Waals surface area contributed by atoms with Crippen LogP contribution in [0.25, 0.3) is 0 Å². The molecule has 0 aliphatic rings. The lowest BCUT2D eigenvalue weighted by Gasteiger charge is -1.88. The summed E-state index contributed by atoms with van der Waals surface area (Å²) in [5.74, 6) is 0. The van der Waals surface area contributed by atoms with E-state index in [-0.39, 0.29) is 5.48 Å². The van der Waals surface area contributed by atoms with Crippen LogP contribution in [0.3, 0.4) is 0 Å². The maximum absolute atomic E-state index is 5.08. The molecule has 2 heteroatoms. The van der Waals surface area contributed by atoms with Crippen LogP contribution in [0.5, 0.6) is 0 Å². The minimum Gasteiger partial charge on any atom is -0.473 e. The second-order valence-corrected chi connectivity index (χ2v) is 2.46. The number of ether oxygens (including phenoxy) is 1. The van der Waals surface area contributed by atoms with E-state index in [2.05, 4.69) is 27.0 Å². The van der Waals surface area contributed by atoms with Crippen LogP contribution in [0.2, 0.25) is 0 Å². The molecule has 0 atom stereocenters. The van der Waals surface area contributed by atoms with Crippen molar-refractivity contribution in [3.8, 4) is 0 Å². The van der Waals surface area contributed by atoms with Gasteiger partial charge in [0, 0.05) is 0 Å². The zero-order valence-corrected chi connectivity index (χ0v) is 9.46. The van der Waals surface area contributed by atoms with Crippen LogP contribution in [-0.4, -0.2) is 5.48 Å². The molecule has 0 heterocycles. The molecule has 84 valence electrons.